The molecule has 36 heavy (non-hydrogen) atoms. The molecule has 2 aromatic carbocycles. The van der Waals surface area contributed by atoms with Crippen molar-refractivity contribution in [1.29, 1.82) is 0 Å². The lowest BCUT2D eigenvalue weighted by molar-refractivity contribution is -0.128. The second-order valence-corrected chi connectivity index (χ2v) is 9.42. The van der Waals surface area contributed by atoms with Crippen LogP contribution in [0.3, 0.4) is 0 Å². The van der Waals surface area contributed by atoms with Gasteiger partial charge in [-0.1, -0.05) is 0 Å². The third kappa shape index (κ3) is 5.16. The lowest BCUT2D eigenvalue weighted by Crippen LogP contribution is -2.38. The molecule has 1 aromatic heterocycles. The van der Waals surface area contributed by atoms with E-state index in [9.17, 15) is 9.59 Å². The number of rotatable bonds is 10. The Morgan fingerprint density at radius 1 is 1.11 bits per heavy atom. The number of fused-ring (bicyclic) bond motifs is 1. The number of nitrogens with zero attached hydrogens (tertiary/aromatic N) is 3. The molecule has 0 unspecified atom stereocenters. The Kier molecular flexibility index (Phi) is 7.79. The number of aromatic nitrogens is 2. The lowest BCUT2D eigenvalue weighted by Gasteiger charge is -2.36. The summed E-state index contributed by atoms with van der Waals surface area (Å²) in [6.07, 6.45) is 2.28. The van der Waals surface area contributed by atoms with Crippen molar-refractivity contribution in [3.05, 3.63) is 42.0 Å². The van der Waals surface area contributed by atoms with Crippen LogP contribution in [0.1, 0.15) is 35.7 Å². The first-order valence-electron chi connectivity index (χ1n) is 12.2. The zero-order chi connectivity index (χ0) is 25.8. The van der Waals surface area contributed by atoms with Crippen molar-refractivity contribution in [1.82, 2.24) is 25.1 Å². The third-order valence-corrected chi connectivity index (χ3v) is 6.76. The van der Waals surface area contributed by atoms with Gasteiger partial charge in [-0.2, -0.15) is 0 Å². The van der Waals surface area contributed by atoms with Crippen LogP contribution in [-0.2, 0) is 4.79 Å². The molecule has 0 saturated heterocycles. The molecule has 2 amide bonds. The van der Waals surface area contributed by atoms with Crippen LogP contribution in [0, 0.1) is 5.92 Å². The van der Waals surface area contributed by atoms with Crippen molar-refractivity contribution < 1.29 is 19.1 Å². The maximum absolute atomic E-state index is 12.9. The highest BCUT2D eigenvalue weighted by Crippen LogP contribution is 2.44. The molecule has 0 radical (unpaired) electrons. The van der Waals surface area contributed by atoms with E-state index < -0.39 is 0 Å². The van der Waals surface area contributed by atoms with Crippen LogP contribution >= 0.6 is 0 Å². The number of nitrogens with one attached hydrogen (secondary N) is 2. The number of carbonyl (C=O) groups is 2. The predicted molar refractivity (Wildman–Crippen MR) is 140 cm³/mol. The van der Waals surface area contributed by atoms with Crippen LogP contribution in [0.5, 0.6) is 11.5 Å². The van der Waals surface area contributed by atoms with E-state index in [0.717, 1.165) is 35.4 Å². The maximum atomic E-state index is 12.9. The largest absolute Gasteiger partial charge is 0.497 e. The van der Waals surface area contributed by atoms with Gasteiger partial charge >= 0.3 is 0 Å². The second-order valence-electron chi connectivity index (χ2n) is 9.42. The smallest absolute Gasteiger partial charge is 0.251 e. The Labute approximate surface area is 211 Å². The van der Waals surface area contributed by atoms with Crippen LogP contribution in [-0.4, -0.2) is 74.7 Å². The third-order valence-electron chi connectivity index (χ3n) is 6.76. The Bertz CT molecular complexity index is 1250. The van der Waals surface area contributed by atoms with Gasteiger partial charge in [0.1, 0.15) is 17.3 Å². The first-order chi connectivity index (χ1) is 17.4. The van der Waals surface area contributed by atoms with Gasteiger partial charge in [0.25, 0.3) is 5.91 Å². The topological polar surface area (TPSA) is 97.7 Å². The van der Waals surface area contributed by atoms with E-state index in [1.165, 1.54) is 0 Å². The number of hydrogen-bond acceptors (Lipinski definition) is 6. The van der Waals surface area contributed by atoms with E-state index in [2.05, 4.69) is 20.1 Å². The van der Waals surface area contributed by atoms with Crippen LogP contribution in [0.15, 0.2) is 36.4 Å². The number of ether oxygens (including phenoxy) is 2. The predicted octanol–water partition coefficient (Wildman–Crippen LogP) is 3.10. The van der Waals surface area contributed by atoms with Gasteiger partial charge in [0.15, 0.2) is 0 Å². The van der Waals surface area contributed by atoms with Crippen LogP contribution in [0.25, 0.3) is 22.4 Å². The quantitative estimate of drug-likeness (QED) is 0.421. The summed E-state index contributed by atoms with van der Waals surface area (Å²) in [5, 5.41) is 5.76. The summed E-state index contributed by atoms with van der Waals surface area (Å²) in [5.41, 5.74) is 3.02. The van der Waals surface area contributed by atoms with Gasteiger partial charge in [-0.25, -0.2) is 4.98 Å². The molecule has 1 heterocycles. The second kappa shape index (κ2) is 11.0. The number of benzene rings is 2. The van der Waals surface area contributed by atoms with E-state index in [1.54, 1.807) is 21.3 Å². The van der Waals surface area contributed by atoms with Crippen molar-refractivity contribution in [3.63, 3.8) is 0 Å². The minimum atomic E-state index is -0.110. The average Bonchev–Trinajstić information content (AvgIpc) is 3.23. The fraction of sp³-hybridized carbons (Fsp3) is 0.444. The number of imidazole rings is 1. The molecular weight excluding hydrogens is 458 g/mol. The molecule has 0 bridgehead atoms. The molecule has 1 aliphatic carbocycles. The minimum Gasteiger partial charge on any atom is -0.497 e. The molecule has 1 fully saturated rings. The zero-order valence-electron chi connectivity index (χ0n) is 21.6. The highest BCUT2D eigenvalue weighted by atomic mass is 16.5. The van der Waals surface area contributed by atoms with Gasteiger partial charge in [0.2, 0.25) is 5.91 Å². The van der Waals surface area contributed by atoms with Crippen LogP contribution in [0.4, 0.5) is 0 Å². The highest BCUT2D eigenvalue weighted by Gasteiger charge is 2.37. The Hall–Kier alpha value is -3.59. The highest BCUT2D eigenvalue weighted by molar-refractivity contribution is 5.98. The summed E-state index contributed by atoms with van der Waals surface area (Å²) in [7, 11) is 8.94. The van der Waals surface area contributed by atoms with E-state index >= 15 is 0 Å². The molecule has 9 heteroatoms. The molecule has 2 N–H and O–H groups in total. The van der Waals surface area contributed by atoms with Gasteiger partial charge in [-0.3, -0.25) is 9.59 Å². The van der Waals surface area contributed by atoms with E-state index in [4.69, 9.17) is 14.5 Å². The van der Waals surface area contributed by atoms with Gasteiger partial charge < -0.3 is 29.6 Å². The van der Waals surface area contributed by atoms with Gasteiger partial charge in [-0.05, 0) is 76.3 Å². The standard InChI is InChI=1S/C27H35N5O4/c1-28-26(33)18-13-19(14-18)32-23-15-17(27(34)29-11-6-12-31(2)3)7-9-22(23)30-25(32)21-16-20(35-4)8-10-24(21)36-5/h7-10,15-16,18-19H,6,11-14H2,1-5H3,(H,28,33)(H,29,34). The minimum absolute atomic E-state index is 0.0410. The molecule has 0 spiro atoms. The van der Waals surface area contributed by atoms with Crippen molar-refractivity contribution in [3.8, 4) is 22.9 Å². The zero-order valence-corrected chi connectivity index (χ0v) is 21.6. The molecule has 192 valence electrons. The summed E-state index contributed by atoms with van der Waals surface area (Å²) in [6.45, 7) is 1.52. The molecule has 4 rings (SSSR count). The van der Waals surface area contributed by atoms with Gasteiger partial charge in [0.05, 0.1) is 30.8 Å². The van der Waals surface area contributed by atoms with E-state index in [-0.39, 0.29) is 23.8 Å². The molecule has 0 aliphatic heterocycles. The summed E-state index contributed by atoms with van der Waals surface area (Å²) in [4.78, 5) is 32.1. The maximum Gasteiger partial charge on any atom is 0.251 e. The van der Waals surface area contributed by atoms with Crippen molar-refractivity contribution >= 4 is 22.8 Å². The fourth-order valence-electron chi connectivity index (χ4n) is 4.70. The fourth-order valence-corrected chi connectivity index (χ4v) is 4.70. The van der Waals surface area contributed by atoms with Crippen LogP contribution < -0.4 is 20.1 Å². The molecule has 1 saturated carbocycles. The monoisotopic (exact) mass is 493 g/mol. The number of amides is 2. The molecule has 1 aliphatic rings. The summed E-state index contributed by atoms with van der Waals surface area (Å²) in [6, 6.07) is 11.3. The molecule has 9 nitrogen and oxygen atoms in total. The number of methoxy groups -OCH3 is 2. The SMILES string of the molecule is CNC(=O)C1CC(n2c(-c3cc(OC)ccc3OC)nc3ccc(C(=O)NCCCN(C)C)cc32)C1. The molecule has 3 aromatic rings. The summed E-state index contributed by atoms with van der Waals surface area (Å²) in [5.74, 6) is 1.99. The summed E-state index contributed by atoms with van der Waals surface area (Å²) < 4.78 is 13.3. The number of carbonyl (C=O) groups excluding carboxylic acids is 2. The average molecular weight is 494 g/mol. The first kappa shape index (κ1) is 25.5. The van der Waals surface area contributed by atoms with Crippen LogP contribution in [0.2, 0.25) is 0 Å². The Morgan fingerprint density at radius 3 is 2.56 bits per heavy atom. The van der Waals surface area contributed by atoms with Crippen molar-refractivity contribution in [2.24, 2.45) is 5.92 Å². The van der Waals surface area contributed by atoms with Crippen molar-refractivity contribution in [2.45, 2.75) is 25.3 Å². The number of hydrogen-bond donors (Lipinski definition) is 2. The lowest BCUT2D eigenvalue weighted by atomic mass is 9.79. The van der Waals surface area contributed by atoms with Crippen molar-refractivity contribution in [2.75, 3.05) is 48.5 Å². The van der Waals surface area contributed by atoms with Gasteiger partial charge in [-0.15, -0.1) is 0 Å². The summed E-state index contributed by atoms with van der Waals surface area (Å²) >= 11 is 0. The Balaban J connectivity index is 1.74. The molecular formula is C27H35N5O4. The first-order valence-corrected chi connectivity index (χ1v) is 12.2. The normalized spacial score (nSPS) is 17.1. The van der Waals surface area contributed by atoms with E-state index in [1.807, 2.05) is 50.5 Å². The molecule has 0 atom stereocenters. The van der Waals surface area contributed by atoms with Gasteiger partial charge in [0, 0.05) is 31.1 Å². The Morgan fingerprint density at radius 2 is 1.89 bits per heavy atom. The van der Waals surface area contributed by atoms with E-state index in [0.29, 0.717) is 36.4 Å².